The van der Waals surface area contributed by atoms with E-state index >= 15 is 0 Å². The van der Waals surface area contributed by atoms with Crippen LogP contribution < -0.4 is 14.8 Å². The molecule has 0 spiro atoms. The Morgan fingerprint density at radius 1 is 1.00 bits per heavy atom. The molecule has 0 saturated carbocycles. The number of nitrogens with one attached hydrogen (secondary N) is 1. The Bertz CT molecular complexity index is 697. The first-order valence-corrected chi connectivity index (χ1v) is 9.57. The summed E-state index contributed by atoms with van der Waals surface area (Å²) in [5, 5.41) is 3.29. The second-order valence-electron chi connectivity index (χ2n) is 6.88. The number of ether oxygens (including phenoxy) is 2. The van der Waals surface area contributed by atoms with E-state index in [1.807, 2.05) is 61.6 Å². The van der Waals surface area contributed by atoms with Crippen LogP contribution in [0.5, 0.6) is 11.5 Å². The van der Waals surface area contributed by atoms with Crippen molar-refractivity contribution >= 4 is 5.91 Å². The van der Waals surface area contributed by atoms with Crippen LogP contribution in [-0.2, 0) is 11.4 Å². The van der Waals surface area contributed by atoms with Crippen molar-refractivity contribution in [3.8, 4) is 11.5 Å². The fourth-order valence-corrected chi connectivity index (χ4v) is 3.16. The molecule has 0 bridgehead atoms. The molecular weight excluding hydrogens is 340 g/mol. The predicted molar refractivity (Wildman–Crippen MR) is 106 cm³/mol. The van der Waals surface area contributed by atoms with Gasteiger partial charge >= 0.3 is 0 Å². The van der Waals surface area contributed by atoms with E-state index in [-0.39, 0.29) is 11.8 Å². The molecule has 1 saturated heterocycles. The third kappa shape index (κ3) is 6.00. The molecule has 2 aromatic carbocycles. The molecule has 2 aromatic rings. The number of hydrogen-bond acceptors (Lipinski definition) is 4. The van der Waals surface area contributed by atoms with E-state index in [9.17, 15) is 4.79 Å². The second-order valence-corrected chi connectivity index (χ2v) is 6.88. The fourth-order valence-electron chi connectivity index (χ4n) is 3.16. The van der Waals surface area contributed by atoms with Crippen molar-refractivity contribution < 1.29 is 14.3 Å². The smallest absolute Gasteiger partial charge is 0.225 e. The maximum Gasteiger partial charge on any atom is 0.225 e. The Balaban J connectivity index is 1.38. The minimum Gasteiger partial charge on any atom is -0.492 e. The van der Waals surface area contributed by atoms with E-state index in [0.29, 0.717) is 19.8 Å². The van der Waals surface area contributed by atoms with Gasteiger partial charge in [0, 0.05) is 13.0 Å². The van der Waals surface area contributed by atoms with E-state index < -0.39 is 0 Å². The van der Waals surface area contributed by atoms with Crippen molar-refractivity contribution in [1.82, 2.24) is 10.2 Å². The number of likely N-dealkylation sites (N-methyl/N-ethyl adjacent to an activating group) is 1. The molecule has 0 aliphatic carbocycles. The summed E-state index contributed by atoms with van der Waals surface area (Å²) in [6.45, 7) is 3.48. The van der Waals surface area contributed by atoms with Crippen LogP contribution in [0.2, 0.25) is 0 Å². The van der Waals surface area contributed by atoms with Crippen molar-refractivity contribution in [2.24, 2.45) is 5.92 Å². The van der Waals surface area contributed by atoms with Crippen LogP contribution in [0.1, 0.15) is 18.4 Å². The van der Waals surface area contributed by atoms with Gasteiger partial charge in [0.2, 0.25) is 5.91 Å². The Kier molecular flexibility index (Phi) is 7.11. The van der Waals surface area contributed by atoms with Gasteiger partial charge in [0.25, 0.3) is 0 Å². The van der Waals surface area contributed by atoms with Crippen molar-refractivity contribution in [1.29, 1.82) is 0 Å². The van der Waals surface area contributed by atoms with Crippen molar-refractivity contribution in [3.63, 3.8) is 0 Å². The summed E-state index contributed by atoms with van der Waals surface area (Å²) in [6, 6.07) is 17.7. The van der Waals surface area contributed by atoms with Gasteiger partial charge in [0.1, 0.15) is 24.7 Å². The molecule has 5 heteroatoms. The number of rotatable bonds is 8. The molecule has 5 nitrogen and oxygen atoms in total. The standard InChI is InChI=1S/C22H28N2O3/c1-24(22(25)19-11-13-23-14-12-19)15-16-26-20-7-9-21(10-8-20)27-17-18-5-3-2-4-6-18/h2-10,19,23H,11-17H2,1H3. The van der Waals surface area contributed by atoms with E-state index in [1.54, 1.807) is 4.90 Å². The maximum absolute atomic E-state index is 12.4. The number of nitrogens with zero attached hydrogens (tertiary/aromatic N) is 1. The number of hydrogen-bond donors (Lipinski definition) is 1. The second kappa shape index (κ2) is 9.97. The Hall–Kier alpha value is -2.53. The first-order chi connectivity index (χ1) is 13.2. The Morgan fingerprint density at radius 3 is 2.30 bits per heavy atom. The quantitative estimate of drug-likeness (QED) is 0.778. The molecular formula is C22H28N2O3. The molecule has 27 heavy (non-hydrogen) atoms. The monoisotopic (exact) mass is 368 g/mol. The van der Waals surface area contributed by atoms with Gasteiger partial charge in [0.15, 0.2) is 0 Å². The average Bonchev–Trinajstić information content (AvgIpc) is 2.74. The lowest BCUT2D eigenvalue weighted by atomic mass is 9.97. The lowest BCUT2D eigenvalue weighted by Crippen LogP contribution is -2.40. The lowest BCUT2D eigenvalue weighted by Gasteiger charge is -2.26. The van der Waals surface area contributed by atoms with Crippen LogP contribution in [0.25, 0.3) is 0 Å². The summed E-state index contributed by atoms with van der Waals surface area (Å²) in [6.07, 6.45) is 1.85. The van der Waals surface area contributed by atoms with Crippen LogP contribution in [0, 0.1) is 5.92 Å². The SMILES string of the molecule is CN(CCOc1ccc(OCc2ccccc2)cc1)C(=O)C1CCNCC1. The van der Waals surface area contributed by atoms with Gasteiger partial charge in [-0.05, 0) is 55.8 Å². The highest BCUT2D eigenvalue weighted by Crippen LogP contribution is 2.19. The molecule has 1 amide bonds. The Labute approximate surface area is 161 Å². The van der Waals surface area contributed by atoms with Gasteiger partial charge in [-0.25, -0.2) is 0 Å². The lowest BCUT2D eigenvalue weighted by molar-refractivity contribution is -0.135. The largest absolute Gasteiger partial charge is 0.492 e. The molecule has 1 N–H and O–H groups in total. The summed E-state index contributed by atoms with van der Waals surface area (Å²) in [7, 11) is 1.86. The third-order valence-electron chi connectivity index (χ3n) is 4.83. The molecule has 1 heterocycles. The summed E-state index contributed by atoms with van der Waals surface area (Å²) < 4.78 is 11.5. The zero-order valence-electron chi connectivity index (χ0n) is 15.9. The highest BCUT2D eigenvalue weighted by Gasteiger charge is 2.23. The first kappa shape index (κ1) is 19.2. The minimum absolute atomic E-state index is 0.150. The summed E-state index contributed by atoms with van der Waals surface area (Å²) >= 11 is 0. The number of benzene rings is 2. The van der Waals surface area contributed by atoms with Gasteiger partial charge in [-0.2, -0.15) is 0 Å². The van der Waals surface area contributed by atoms with Crippen molar-refractivity contribution in [2.45, 2.75) is 19.4 Å². The number of amides is 1. The summed E-state index contributed by atoms with van der Waals surface area (Å²) in [5.74, 6) is 1.97. The van der Waals surface area contributed by atoms with Crippen LogP contribution >= 0.6 is 0 Å². The molecule has 1 aliphatic rings. The number of piperidine rings is 1. The highest BCUT2D eigenvalue weighted by atomic mass is 16.5. The minimum atomic E-state index is 0.150. The molecule has 3 rings (SSSR count). The van der Waals surface area contributed by atoms with Crippen molar-refractivity contribution in [2.75, 3.05) is 33.3 Å². The van der Waals surface area contributed by atoms with Gasteiger partial charge < -0.3 is 19.7 Å². The van der Waals surface area contributed by atoms with Crippen LogP contribution in [0.3, 0.4) is 0 Å². The zero-order valence-corrected chi connectivity index (χ0v) is 15.9. The van der Waals surface area contributed by atoms with Gasteiger partial charge in [0.05, 0.1) is 6.54 Å². The molecule has 1 aliphatic heterocycles. The van der Waals surface area contributed by atoms with E-state index in [0.717, 1.165) is 43.0 Å². The summed E-state index contributed by atoms with van der Waals surface area (Å²) in [5.41, 5.74) is 1.14. The van der Waals surface area contributed by atoms with Crippen LogP contribution in [0.4, 0.5) is 0 Å². The third-order valence-corrected chi connectivity index (χ3v) is 4.83. The first-order valence-electron chi connectivity index (χ1n) is 9.57. The van der Waals surface area contributed by atoms with E-state index in [4.69, 9.17) is 9.47 Å². The van der Waals surface area contributed by atoms with Gasteiger partial charge in [-0.15, -0.1) is 0 Å². The van der Waals surface area contributed by atoms with Gasteiger partial charge in [-0.1, -0.05) is 30.3 Å². The molecule has 0 atom stereocenters. The predicted octanol–water partition coefficient (Wildman–Crippen LogP) is 3.10. The van der Waals surface area contributed by atoms with Gasteiger partial charge in [-0.3, -0.25) is 4.79 Å². The van der Waals surface area contributed by atoms with E-state index in [2.05, 4.69) is 5.32 Å². The number of carbonyl (C=O) groups is 1. The summed E-state index contributed by atoms with van der Waals surface area (Å²) in [4.78, 5) is 14.2. The molecule has 0 unspecified atom stereocenters. The van der Waals surface area contributed by atoms with Crippen LogP contribution in [-0.4, -0.2) is 44.1 Å². The topological polar surface area (TPSA) is 50.8 Å². The molecule has 0 aromatic heterocycles. The maximum atomic E-state index is 12.4. The molecule has 1 fully saturated rings. The fraction of sp³-hybridized carbons (Fsp3) is 0.409. The van der Waals surface area contributed by atoms with Crippen molar-refractivity contribution in [3.05, 3.63) is 60.2 Å². The highest BCUT2D eigenvalue weighted by molar-refractivity contribution is 5.78. The number of carbonyl (C=O) groups excluding carboxylic acids is 1. The van der Waals surface area contributed by atoms with E-state index in [1.165, 1.54) is 0 Å². The molecule has 144 valence electrons. The van der Waals surface area contributed by atoms with Crippen LogP contribution in [0.15, 0.2) is 54.6 Å². The molecule has 0 radical (unpaired) electrons. The average molecular weight is 368 g/mol. The normalized spacial score (nSPS) is 14.6. The zero-order chi connectivity index (χ0) is 18.9. The Morgan fingerprint density at radius 2 is 1.63 bits per heavy atom.